The highest BCUT2D eigenvalue weighted by molar-refractivity contribution is 14.0. The number of carbonyl (C=O) groups excluding carboxylic acids is 2. The van der Waals surface area contributed by atoms with E-state index in [0.29, 0.717) is 25.6 Å². The SMILES string of the molecule is CCNC(=NCc1ccc(C(=O)N2CCCCC2)cc1)N(C)CC(=O)N(CC)CC.I. The van der Waals surface area contributed by atoms with E-state index in [4.69, 9.17) is 0 Å². The zero-order valence-electron chi connectivity index (χ0n) is 19.4. The topological polar surface area (TPSA) is 68.2 Å². The number of likely N-dealkylation sites (tertiary alicyclic amines) is 1. The van der Waals surface area contributed by atoms with Crippen LogP contribution in [-0.4, -0.2) is 78.8 Å². The van der Waals surface area contributed by atoms with E-state index in [2.05, 4.69) is 10.3 Å². The van der Waals surface area contributed by atoms with Crippen molar-refractivity contribution in [2.45, 2.75) is 46.6 Å². The normalized spacial score (nSPS) is 13.9. The summed E-state index contributed by atoms with van der Waals surface area (Å²) >= 11 is 0. The maximum atomic E-state index is 12.6. The molecule has 1 aromatic rings. The highest BCUT2D eigenvalue weighted by Gasteiger charge is 2.18. The van der Waals surface area contributed by atoms with Gasteiger partial charge in [0.1, 0.15) is 0 Å². The van der Waals surface area contributed by atoms with Gasteiger partial charge in [-0.15, -0.1) is 24.0 Å². The summed E-state index contributed by atoms with van der Waals surface area (Å²) in [6.07, 6.45) is 3.40. The molecule has 0 atom stereocenters. The molecule has 0 unspecified atom stereocenters. The second-order valence-corrected chi connectivity index (χ2v) is 7.64. The monoisotopic (exact) mass is 543 g/mol. The summed E-state index contributed by atoms with van der Waals surface area (Å²) in [7, 11) is 1.88. The highest BCUT2D eigenvalue weighted by Crippen LogP contribution is 2.14. The van der Waals surface area contributed by atoms with E-state index in [1.807, 2.05) is 66.8 Å². The van der Waals surface area contributed by atoms with Crippen molar-refractivity contribution in [3.8, 4) is 0 Å². The van der Waals surface area contributed by atoms with Crippen LogP contribution in [0.2, 0.25) is 0 Å². The quantitative estimate of drug-likeness (QED) is 0.311. The second-order valence-electron chi connectivity index (χ2n) is 7.64. The lowest BCUT2D eigenvalue weighted by Crippen LogP contribution is -2.45. The molecule has 0 radical (unpaired) electrons. The van der Waals surface area contributed by atoms with Gasteiger partial charge in [0.15, 0.2) is 5.96 Å². The molecular weight excluding hydrogens is 505 g/mol. The molecule has 2 rings (SSSR count). The molecule has 1 fully saturated rings. The first-order valence-corrected chi connectivity index (χ1v) is 11.2. The van der Waals surface area contributed by atoms with Crippen molar-refractivity contribution in [3.05, 3.63) is 35.4 Å². The van der Waals surface area contributed by atoms with E-state index in [1.165, 1.54) is 6.42 Å². The number of likely N-dealkylation sites (N-methyl/N-ethyl adjacent to an activating group) is 2. The van der Waals surface area contributed by atoms with Gasteiger partial charge in [-0.2, -0.15) is 0 Å². The fourth-order valence-electron chi connectivity index (χ4n) is 3.62. The Hall–Kier alpha value is -1.84. The third-order valence-corrected chi connectivity index (χ3v) is 5.44. The summed E-state index contributed by atoms with van der Waals surface area (Å²) in [6.45, 7) is 10.6. The Kier molecular flexibility index (Phi) is 12.5. The predicted octanol–water partition coefficient (Wildman–Crippen LogP) is 3.20. The molecule has 7 nitrogen and oxygen atoms in total. The third-order valence-electron chi connectivity index (χ3n) is 5.44. The van der Waals surface area contributed by atoms with Crippen LogP contribution in [0, 0.1) is 0 Å². The predicted molar refractivity (Wildman–Crippen MR) is 137 cm³/mol. The van der Waals surface area contributed by atoms with E-state index >= 15 is 0 Å². The smallest absolute Gasteiger partial charge is 0.253 e. The van der Waals surface area contributed by atoms with Gasteiger partial charge >= 0.3 is 0 Å². The fraction of sp³-hybridized carbons (Fsp3) is 0.609. The van der Waals surface area contributed by atoms with Gasteiger partial charge < -0.3 is 20.0 Å². The minimum absolute atomic E-state index is 0. The minimum Gasteiger partial charge on any atom is -0.357 e. The van der Waals surface area contributed by atoms with Crippen LogP contribution >= 0.6 is 24.0 Å². The van der Waals surface area contributed by atoms with Crippen LogP contribution in [0.15, 0.2) is 29.3 Å². The number of nitrogens with one attached hydrogen (secondary N) is 1. The van der Waals surface area contributed by atoms with Gasteiger partial charge in [0.2, 0.25) is 5.91 Å². The average molecular weight is 543 g/mol. The molecule has 0 bridgehead atoms. The third kappa shape index (κ3) is 8.31. The van der Waals surface area contributed by atoms with E-state index in [-0.39, 0.29) is 42.3 Å². The van der Waals surface area contributed by atoms with Crippen LogP contribution in [0.4, 0.5) is 0 Å². The van der Waals surface area contributed by atoms with Crippen molar-refractivity contribution in [1.82, 2.24) is 20.0 Å². The van der Waals surface area contributed by atoms with Crippen LogP contribution in [0.3, 0.4) is 0 Å². The molecule has 0 spiro atoms. The summed E-state index contributed by atoms with van der Waals surface area (Å²) in [5.41, 5.74) is 1.77. The van der Waals surface area contributed by atoms with E-state index in [9.17, 15) is 9.59 Å². The summed E-state index contributed by atoms with van der Waals surface area (Å²) in [6, 6.07) is 7.71. The Morgan fingerprint density at radius 2 is 1.65 bits per heavy atom. The first-order chi connectivity index (χ1) is 14.5. The van der Waals surface area contributed by atoms with Crippen LogP contribution in [0.25, 0.3) is 0 Å². The molecule has 1 aliphatic rings. The molecule has 0 aliphatic carbocycles. The fourth-order valence-corrected chi connectivity index (χ4v) is 3.62. The number of guanidine groups is 1. The van der Waals surface area contributed by atoms with Crippen LogP contribution < -0.4 is 5.32 Å². The number of hydrogen-bond acceptors (Lipinski definition) is 3. The van der Waals surface area contributed by atoms with Crippen LogP contribution in [0.5, 0.6) is 0 Å². The lowest BCUT2D eigenvalue weighted by Gasteiger charge is -2.26. The summed E-state index contributed by atoms with van der Waals surface area (Å²) in [5, 5.41) is 3.25. The lowest BCUT2D eigenvalue weighted by atomic mass is 10.1. The summed E-state index contributed by atoms with van der Waals surface area (Å²) in [5.74, 6) is 0.910. The molecule has 174 valence electrons. The van der Waals surface area contributed by atoms with E-state index < -0.39 is 0 Å². The van der Waals surface area contributed by atoms with E-state index in [0.717, 1.165) is 43.6 Å². The number of piperidine rings is 1. The average Bonchev–Trinajstić information content (AvgIpc) is 2.77. The zero-order valence-corrected chi connectivity index (χ0v) is 21.7. The van der Waals surface area contributed by atoms with Crippen molar-refractivity contribution in [2.75, 3.05) is 46.3 Å². The number of aliphatic imine (C=N–C) groups is 1. The Bertz CT molecular complexity index is 713. The van der Waals surface area contributed by atoms with E-state index in [1.54, 1.807) is 0 Å². The lowest BCUT2D eigenvalue weighted by molar-refractivity contribution is -0.131. The zero-order chi connectivity index (χ0) is 21.9. The first-order valence-electron chi connectivity index (χ1n) is 11.2. The molecule has 2 amide bonds. The van der Waals surface area contributed by atoms with Crippen LogP contribution in [-0.2, 0) is 11.3 Å². The molecule has 1 aliphatic heterocycles. The largest absolute Gasteiger partial charge is 0.357 e. The molecule has 1 heterocycles. The molecular formula is C23H38IN5O2. The van der Waals surface area contributed by atoms with Gasteiger partial charge in [0.25, 0.3) is 5.91 Å². The summed E-state index contributed by atoms with van der Waals surface area (Å²) < 4.78 is 0. The molecule has 0 saturated carbocycles. The maximum Gasteiger partial charge on any atom is 0.253 e. The molecule has 1 saturated heterocycles. The van der Waals surface area contributed by atoms with Crippen molar-refractivity contribution < 1.29 is 9.59 Å². The Morgan fingerprint density at radius 1 is 1.03 bits per heavy atom. The number of amides is 2. The van der Waals surface area contributed by atoms with Crippen molar-refractivity contribution in [1.29, 1.82) is 0 Å². The van der Waals surface area contributed by atoms with Gasteiger partial charge in [-0.25, -0.2) is 4.99 Å². The van der Waals surface area contributed by atoms with Crippen LogP contribution in [0.1, 0.15) is 56.0 Å². The van der Waals surface area contributed by atoms with Crippen molar-refractivity contribution in [2.24, 2.45) is 4.99 Å². The van der Waals surface area contributed by atoms with Crippen molar-refractivity contribution >= 4 is 41.8 Å². The second kappa shape index (κ2) is 14.3. The number of benzene rings is 1. The highest BCUT2D eigenvalue weighted by atomic mass is 127. The molecule has 1 N–H and O–H groups in total. The number of carbonyl (C=O) groups is 2. The molecule has 1 aromatic carbocycles. The Labute approximate surface area is 204 Å². The van der Waals surface area contributed by atoms with Gasteiger partial charge in [-0.3, -0.25) is 9.59 Å². The Balaban J connectivity index is 0.00000480. The minimum atomic E-state index is 0. The number of hydrogen-bond donors (Lipinski definition) is 1. The molecule has 8 heteroatoms. The standard InChI is InChI=1S/C23H37N5O2.HI/c1-5-24-23(26(4)18-21(29)27(6-2)7-3)25-17-19-11-13-20(14-12-19)22(30)28-15-9-8-10-16-28;/h11-14H,5-10,15-18H2,1-4H3,(H,24,25);1H. The number of halogens is 1. The number of nitrogens with zero attached hydrogens (tertiary/aromatic N) is 4. The van der Waals surface area contributed by atoms with Gasteiger partial charge in [0.05, 0.1) is 13.1 Å². The summed E-state index contributed by atoms with van der Waals surface area (Å²) in [4.78, 5) is 35.3. The first kappa shape index (κ1) is 27.2. The van der Waals surface area contributed by atoms with Gasteiger partial charge in [-0.05, 0) is 57.7 Å². The molecule has 31 heavy (non-hydrogen) atoms. The molecule has 0 aromatic heterocycles. The van der Waals surface area contributed by atoms with Crippen molar-refractivity contribution in [3.63, 3.8) is 0 Å². The van der Waals surface area contributed by atoms with Gasteiger partial charge in [-0.1, -0.05) is 12.1 Å². The van der Waals surface area contributed by atoms with Gasteiger partial charge in [0, 0.05) is 45.3 Å². The number of rotatable bonds is 8. The maximum absolute atomic E-state index is 12.6. The Morgan fingerprint density at radius 3 is 2.19 bits per heavy atom.